The van der Waals surface area contributed by atoms with Crippen LogP contribution in [0.2, 0.25) is 0 Å². The second-order valence-corrected chi connectivity index (χ2v) is 9.44. The molecule has 3 aliphatic rings. The van der Waals surface area contributed by atoms with Gasteiger partial charge in [-0.25, -0.2) is 27.9 Å². The van der Waals surface area contributed by atoms with Gasteiger partial charge in [0.15, 0.2) is 5.82 Å². The summed E-state index contributed by atoms with van der Waals surface area (Å²) < 4.78 is 50.2. The van der Waals surface area contributed by atoms with Crippen LogP contribution in [0.1, 0.15) is 52.9 Å². The number of rotatable bonds is 6. The van der Waals surface area contributed by atoms with Gasteiger partial charge >= 0.3 is 6.09 Å². The molecule has 2 heterocycles. The van der Waals surface area contributed by atoms with E-state index in [1.165, 1.54) is 24.1 Å². The predicted octanol–water partition coefficient (Wildman–Crippen LogP) is 4.74. The maximum absolute atomic E-state index is 14.1. The summed E-state index contributed by atoms with van der Waals surface area (Å²) in [6.07, 6.45) is 6.37. The quantitative estimate of drug-likeness (QED) is 0.618. The lowest BCUT2D eigenvalue weighted by Crippen LogP contribution is -2.49. The predicted molar refractivity (Wildman–Crippen MR) is 113 cm³/mol. The summed E-state index contributed by atoms with van der Waals surface area (Å²) >= 11 is 0. The first-order chi connectivity index (χ1) is 15.3. The number of carbonyl (C=O) groups is 1. The van der Waals surface area contributed by atoms with Crippen molar-refractivity contribution in [1.82, 2.24) is 14.9 Å². The van der Waals surface area contributed by atoms with E-state index in [2.05, 4.69) is 9.97 Å². The standard InChI is InChI=1S/C19H31F2NO3.C4H3FN2/c1-11(2)25-19(23)22-17(16(21)9-20)6-12(3)18(22)10-24-15-5-4-13-7-14(13)8-15;5-4-1-6-3-7-2-4/h11-18H,4-10H2,1-3H3;1-3H. The largest absolute Gasteiger partial charge is 0.447 e. The summed E-state index contributed by atoms with van der Waals surface area (Å²) in [7, 11) is 0. The van der Waals surface area contributed by atoms with Crippen LogP contribution in [0, 0.1) is 23.6 Å². The van der Waals surface area contributed by atoms with Crippen molar-refractivity contribution in [2.45, 2.75) is 83.3 Å². The summed E-state index contributed by atoms with van der Waals surface area (Å²) in [5.74, 6) is 1.38. The highest BCUT2D eigenvalue weighted by molar-refractivity contribution is 5.69. The lowest BCUT2D eigenvalue weighted by Gasteiger charge is -2.33. The van der Waals surface area contributed by atoms with Gasteiger partial charge in [0.2, 0.25) is 0 Å². The lowest BCUT2D eigenvalue weighted by molar-refractivity contribution is -0.0218. The lowest BCUT2D eigenvalue weighted by atomic mass is 9.97. The summed E-state index contributed by atoms with van der Waals surface area (Å²) in [6.45, 7) is 4.79. The van der Waals surface area contributed by atoms with Crippen molar-refractivity contribution in [2.75, 3.05) is 13.3 Å². The van der Waals surface area contributed by atoms with Gasteiger partial charge in [0.1, 0.15) is 19.2 Å². The molecule has 0 aromatic carbocycles. The number of nitrogens with zero attached hydrogens (tertiary/aromatic N) is 3. The van der Waals surface area contributed by atoms with Crippen LogP contribution >= 0.6 is 0 Å². The third kappa shape index (κ3) is 6.56. The fraction of sp³-hybridized carbons (Fsp3) is 0.783. The van der Waals surface area contributed by atoms with Crippen LogP contribution in [0.15, 0.2) is 18.7 Å². The molecular weight excluding hydrogens is 423 g/mol. The van der Waals surface area contributed by atoms with Gasteiger partial charge < -0.3 is 9.47 Å². The number of ether oxygens (including phenoxy) is 2. The fourth-order valence-electron chi connectivity index (χ4n) is 4.85. The molecule has 0 N–H and O–H groups in total. The van der Waals surface area contributed by atoms with E-state index in [1.807, 2.05) is 6.92 Å². The SMILES string of the molecule is CC(C)OC(=O)N1C(COC2CCC3CC3C2)C(C)CC1C(F)CF.Fc1cncnc1. The Morgan fingerprint density at radius 3 is 2.47 bits per heavy atom. The van der Waals surface area contributed by atoms with Gasteiger partial charge in [0, 0.05) is 0 Å². The molecule has 0 radical (unpaired) electrons. The average molecular weight is 458 g/mol. The Hall–Kier alpha value is -1.90. The Balaban J connectivity index is 0.000000352. The number of amides is 1. The van der Waals surface area contributed by atoms with E-state index in [0.717, 1.165) is 37.1 Å². The van der Waals surface area contributed by atoms with Gasteiger partial charge in [-0.2, -0.15) is 0 Å². The number of aromatic nitrogens is 2. The molecule has 6 nitrogen and oxygen atoms in total. The number of fused-ring (bicyclic) bond motifs is 1. The number of likely N-dealkylation sites (tertiary alicyclic amines) is 1. The van der Waals surface area contributed by atoms with Crippen LogP contribution in [0.4, 0.5) is 18.0 Å². The summed E-state index contributed by atoms with van der Waals surface area (Å²) in [5, 5.41) is 0. The first kappa shape index (κ1) is 24.7. The van der Waals surface area contributed by atoms with E-state index >= 15 is 0 Å². The van der Waals surface area contributed by atoms with Gasteiger partial charge in [0.05, 0.1) is 43.3 Å². The smallest absolute Gasteiger partial charge is 0.410 e. The number of halogens is 3. The Labute approximate surface area is 187 Å². The maximum atomic E-state index is 14.1. The minimum absolute atomic E-state index is 0.0618. The number of hydrogen-bond acceptors (Lipinski definition) is 5. The van der Waals surface area contributed by atoms with Gasteiger partial charge in [-0.15, -0.1) is 0 Å². The topological polar surface area (TPSA) is 64.5 Å². The molecule has 4 rings (SSSR count). The molecule has 1 aliphatic heterocycles. The number of alkyl halides is 2. The highest BCUT2D eigenvalue weighted by Crippen LogP contribution is 2.50. The summed E-state index contributed by atoms with van der Waals surface area (Å²) in [4.78, 5) is 20.7. The zero-order valence-corrected chi connectivity index (χ0v) is 19.0. The van der Waals surface area contributed by atoms with Crippen molar-refractivity contribution in [2.24, 2.45) is 17.8 Å². The highest BCUT2D eigenvalue weighted by Gasteiger charge is 2.47. The van der Waals surface area contributed by atoms with Crippen molar-refractivity contribution >= 4 is 6.09 Å². The van der Waals surface area contributed by atoms with Gasteiger partial charge in [-0.05, 0) is 63.7 Å². The minimum atomic E-state index is -1.67. The third-order valence-electron chi connectivity index (χ3n) is 6.62. The Morgan fingerprint density at radius 1 is 1.19 bits per heavy atom. The molecule has 2 saturated carbocycles. The van der Waals surface area contributed by atoms with Crippen LogP contribution in [0.3, 0.4) is 0 Å². The second-order valence-electron chi connectivity index (χ2n) is 9.44. The Morgan fingerprint density at radius 2 is 1.91 bits per heavy atom. The minimum Gasteiger partial charge on any atom is -0.447 e. The van der Waals surface area contributed by atoms with E-state index in [0.29, 0.717) is 13.0 Å². The molecule has 9 heteroatoms. The number of carbonyl (C=O) groups excluding carboxylic acids is 1. The normalized spacial score (nSPS) is 32.0. The average Bonchev–Trinajstić information content (AvgIpc) is 3.46. The molecule has 32 heavy (non-hydrogen) atoms. The molecule has 3 fully saturated rings. The number of hydrogen-bond donors (Lipinski definition) is 0. The van der Waals surface area contributed by atoms with Gasteiger partial charge in [-0.1, -0.05) is 6.92 Å². The van der Waals surface area contributed by atoms with Gasteiger partial charge in [-0.3, -0.25) is 4.90 Å². The molecule has 7 unspecified atom stereocenters. The van der Waals surface area contributed by atoms with E-state index in [9.17, 15) is 18.0 Å². The Kier molecular flexibility index (Phi) is 8.73. The van der Waals surface area contributed by atoms with Crippen molar-refractivity contribution in [1.29, 1.82) is 0 Å². The third-order valence-corrected chi connectivity index (χ3v) is 6.62. The summed E-state index contributed by atoms with van der Waals surface area (Å²) in [6, 6.07) is -1.02. The van der Waals surface area contributed by atoms with E-state index in [1.54, 1.807) is 13.8 Å². The molecule has 1 saturated heterocycles. The monoisotopic (exact) mass is 457 g/mol. The summed E-state index contributed by atoms with van der Waals surface area (Å²) in [5.41, 5.74) is 0. The van der Waals surface area contributed by atoms with Crippen molar-refractivity contribution in [3.05, 3.63) is 24.5 Å². The van der Waals surface area contributed by atoms with Crippen LogP contribution in [0.5, 0.6) is 0 Å². The first-order valence-corrected chi connectivity index (χ1v) is 11.5. The molecular formula is C23H34F3N3O3. The molecule has 7 atom stereocenters. The van der Waals surface area contributed by atoms with Gasteiger partial charge in [0.25, 0.3) is 0 Å². The van der Waals surface area contributed by atoms with Crippen LogP contribution < -0.4 is 0 Å². The van der Waals surface area contributed by atoms with Crippen LogP contribution in [-0.2, 0) is 9.47 Å². The van der Waals surface area contributed by atoms with Crippen molar-refractivity contribution in [3.8, 4) is 0 Å². The molecule has 1 aromatic rings. The molecule has 0 bridgehead atoms. The maximum Gasteiger partial charge on any atom is 0.410 e. The van der Waals surface area contributed by atoms with E-state index < -0.39 is 30.8 Å². The highest BCUT2D eigenvalue weighted by atomic mass is 19.2. The second kappa shape index (κ2) is 11.3. The fourth-order valence-corrected chi connectivity index (χ4v) is 4.85. The molecule has 1 amide bonds. The van der Waals surface area contributed by atoms with E-state index in [-0.39, 0.29) is 24.2 Å². The zero-order chi connectivity index (χ0) is 23.3. The van der Waals surface area contributed by atoms with Crippen LogP contribution in [-0.4, -0.2) is 64.7 Å². The molecule has 2 aliphatic carbocycles. The van der Waals surface area contributed by atoms with E-state index in [4.69, 9.17) is 9.47 Å². The van der Waals surface area contributed by atoms with Crippen LogP contribution in [0.25, 0.3) is 0 Å². The molecule has 1 aromatic heterocycles. The van der Waals surface area contributed by atoms with Crippen molar-refractivity contribution in [3.63, 3.8) is 0 Å². The Bertz CT molecular complexity index is 727. The molecule has 180 valence electrons. The zero-order valence-electron chi connectivity index (χ0n) is 19.0. The first-order valence-electron chi connectivity index (χ1n) is 11.5. The molecule has 0 spiro atoms. The van der Waals surface area contributed by atoms with Crippen molar-refractivity contribution < 1.29 is 27.4 Å².